The average Bonchev–Trinajstić information content (AvgIpc) is 3.19. The maximum Gasteiger partial charge on any atom is 0.261 e. The van der Waals surface area contributed by atoms with Crippen molar-refractivity contribution in [2.75, 3.05) is 35.8 Å². The van der Waals surface area contributed by atoms with Crippen LogP contribution in [0.15, 0.2) is 71.6 Å². The number of carbonyl (C=O) groups excluding carboxylic acids is 2. The van der Waals surface area contributed by atoms with Crippen molar-refractivity contribution in [2.24, 2.45) is 5.92 Å². The fourth-order valence-corrected chi connectivity index (χ4v) is 5.80. The molecule has 1 fully saturated rings. The molecule has 2 amide bonds. The first kappa shape index (κ1) is 30.0. The number of aryl methyl sites for hydroxylation is 1. The second kappa shape index (κ2) is 13.2. The third-order valence-corrected chi connectivity index (χ3v) is 8.36. The van der Waals surface area contributed by atoms with Crippen molar-refractivity contribution in [1.29, 1.82) is 0 Å². The Morgan fingerprint density at radius 2 is 1.63 bits per heavy atom. The van der Waals surface area contributed by atoms with E-state index in [2.05, 4.69) is 14.9 Å². The number of benzene rings is 3. The Balaban J connectivity index is 1.59. The normalized spacial score (nSPS) is 14.1. The second-order valence-corrected chi connectivity index (χ2v) is 12.5. The number of hydrogen-bond donors (Lipinski definition) is 2. The van der Waals surface area contributed by atoms with Gasteiger partial charge in [0.25, 0.3) is 15.9 Å². The van der Waals surface area contributed by atoms with Gasteiger partial charge < -0.3 is 15.1 Å². The number of halogens is 1. The van der Waals surface area contributed by atoms with Crippen LogP contribution in [0.1, 0.15) is 48.2 Å². The Bertz CT molecular complexity index is 1470. The Hall–Kier alpha value is -3.92. The summed E-state index contributed by atoms with van der Waals surface area (Å²) in [4.78, 5) is 30.2. The average molecular weight is 581 g/mol. The number of carbonyl (C=O) groups is 2. The van der Waals surface area contributed by atoms with E-state index in [1.165, 1.54) is 30.3 Å². The van der Waals surface area contributed by atoms with Crippen LogP contribution in [0.5, 0.6) is 0 Å². The number of nitrogens with one attached hydrogen (secondary N) is 2. The van der Waals surface area contributed by atoms with E-state index in [0.29, 0.717) is 43.9 Å². The molecule has 0 aliphatic carbocycles. The van der Waals surface area contributed by atoms with E-state index in [-0.39, 0.29) is 34.8 Å². The third-order valence-electron chi connectivity index (χ3n) is 6.96. The highest BCUT2D eigenvalue weighted by Gasteiger charge is 2.24. The first-order valence-corrected chi connectivity index (χ1v) is 15.3. The van der Waals surface area contributed by atoms with Gasteiger partial charge in [0, 0.05) is 50.5 Å². The quantitative estimate of drug-likeness (QED) is 0.373. The lowest BCUT2D eigenvalue weighted by Crippen LogP contribution is -2.36. The Morgan fingerprint density at radius 3 is 2.32 bits per heavy atom. The number of amides is 2. The number of anilines is 2. The van der Waals surface area contributed by atoms with Gasteiger partial charge in [-0.05, 0) is 67.3 Å². The van der Waals surface area contributed by atoms with Crippen molar-refractivity contribution >= 4 is 33.2 Å². The fraction of sp³-hybridized carbons (Fsp3) is 0.355. The van der Waals surface area contributed by atoms with Crippen LogP contribution in [-0.4, -0.2) is 51.3 Å². The number of hydrogen-bond acceptors (Lipinski definition) is 5. The first-order valence-electron chi connectivity index (χ1n) is 13.8. The van der Waals surface area contributed by atoms with E-state index in [1.54, 1.807) is 36.4 Å². The molecule has 3 aromatic carbocycles. The van der Waals surface area contributed by atoms with Crippen LogP contribution in [0.4, 0.5) is 15.8 Å². The van der Waals surface area contributed by atoms with Crippen molar-refractivity contribution in [3.05, 3.63) is 89.2 Å². The van der Waals surface area contributed by atoms with E-state index < -0.39 is 15.9 Å². The molecule has 1 saturated heterocycles. The minimum atomic E-state index is -3.88. The fourth-order valence-electron chi connectivity index (χ4n) is 4.75. The molecule has 1 aliphatic heterocycles. The highest BCUT2D eigenvalue weighted by Crippen LogP contribution is 2.28. The molecular weight excluding hydrogens is 543 g/mol. The molecule has 1 aliphatic rings. The van der Waals surface area contributed by atoms with Crippen LogP contribution in [-0.2, 0) is 21.4 Å². The highest BCUT2D eigenvalue weighted by molar-refractivity contribution is 7.92. The molecule has 0 spiro atoms. The lowest BCUT2D eigenvalue weighted by atomic mass is 10.1. The minimum absolute atomic E-state index is 0.119. The molecule has 0 aromatic heterocycles. The van der Waals surface area contributed by atoms with Gasteiger partial charge in [0.2, 0.25) is 5.91 Å². The van der Waals surface area contributed by atoms with Gasteiger partial charge in [0.1, 0.15) is 5.82 Å². The summed E-state index contributed by atoms with van der Waals surface area (Å²) in [6, 6.07) is 17.3. The Labute approximate surface area is 241 Å². The van der Waals surface area contributed by atoms with Gasteiger partial charge in [-0.2, -0.15) is 0 Å². The van der Waals surface area contributed by atoms with Gasteiger partial charge in [0.05, 0.1) is 10.5 Å². The van der Waals surface area contributed by atoms with Gasteiger partial charge in [-0.25, -0.2) is 12.8 Å². The zero-order valence-electron chi connectivity index (χ0n) is 23.7. The summed E-state index contributed by atoms with van der Waals surface area (Å²) < 4.78 is 42.0. The van der Waals surface area contributed by atoms with Crippen molar-refractivity contribution < 1.29 is 22.4 Å². The number of rotatable bonds is 9. The van der Waals surface area contributed by atoms with Crippen LogP contribution < -0.4 is 14.9 Å². The van der Waals surface area contributed by atoms with Crippen molar-refractivity contribution in [2.45, 2.75) is 45.1 Å². The molecule has 2 N–H and O–H groups in total. The summed E-state index contributed by atoms with van der Waals surface area (Å²) in [5.41, 5.74) is 2.88. The summed E-state index contributed by atoms with van der Waals surface area (Å²) >= 11 is 0. The minimum Gasteiger partial charge on any atom is -0.369 e. The molecule has 4 rings (SSSR count). The zero-order chi connectivity index (χ0) is 29.6. The molecule has 3 aromatic rings. The van der Waals surface area contributed by atoms with E-state index in [4.69, 9.17) is 0 Å². The van der Waals surface area contributed by atoms with Gasteiger partial charge in [-0.15, -0.1) is 0 Å². The molecule has 218 valence electrons. The van der Waals surface area contributed by atoms with Crippen LogP contribution in [0, 0.1) is 18.7 Å². The molecule has 0 radical (unpaired) electrons. The molecule has 0 bridgehead atoms. The lowest BCUT2D eigenvalue weighted by molar-refractivity contribution is -0.131. The van der Waals surface area contributed by atoms with Gasteiger partial charge in [-0.3, -0.25) is 14.3 Å². The van der Waals surface area contributed by atoms with Crippen molar-refractivity contribution in [3.8, 4) is 0 Å². The second-order valence-electron chi connectivity index (χ2n) is 10.8. The first-order chi connectivity index (χ1) is 19.5. The van der Waals surface area contributed by atoms with Crippen LogP contribution >= 0.6 is 0 Å². The lowest BCUT2D eigenvalue weighted by Gasteiger charge is -2.26. The van der Waals surface area contributed by atoms with Crippen molar-refractivity contribution in [3.63, 3.8) is 0 Å². The molecule has 0 unspecified atom stereocenters. The third kappa shape index (κ3) is 8.07. The Morgan fingerprint density at radius 1 is 0.927 bits per heavy atom. The SMILES string of the molecule is Cc1ccc(S(=O)(=O)Nc2ccc(N3CCCN(C(=O)CC(C)C)CC3)c(C(=O)NCc3ccc(F)cc3)c2)cc1. The molecule has 1 heterocycles. The summed E-state index contributed by atoms with van der Waals surface area (Å²) in [6.45, 7) is 8.44. The summed E-state index contributed by atoms with van der Waals surface area (Å²) in [5.74, 6) is -0.356. The maximum absolute atomic E-state index is 13.5. The topological polar surface area (TPSA) is 98.8 Å². The van der Waals surface area contributed by atoms with Crippen LogP contribution in [0.2, 0.25) is 0 Å². The largest absolute Gasteiger partial charge is 0.369 e. The molecule has 8 nitrogen and oxygen atoms in total. The van der Waals surface area contributed by atoms with E-state index >= 15 is 0 Å². The van der Waals surface area contributed by atoms with Gasteiger partial charge >= 0.3 is 0 Å². The summed E-state index contributed by atoms with van der Waals surface area (Å²) in [5, 5.41) is 2.88. The van der Waals surface area contributed by atoms with E-state index in [9.17, 15) is 22.4 Å². The molecule has 10 heteroatoms. The van der Waals surface area contributed by atoms with E-state index in [1.807, 2.05) is 25.7 Å². The summed E-state index contributed by atoms with van der Waals surface area (Å²) in [6.07, 6.45) is 1.23. The summed E-state index contributed by atoms with van der Waals surface area (Å²) in [7, 11) is -3.88. The van der Waals surface area contributed by atoms with E-state index in [0.717, 1.165) is 17.5 Å². The highest BCUT2D eigenvalue weighted by atomic mass is 32.2. The Kier molecular flexibility index (Phi) is 9.65. The van der Waals surface area contributed by atoms with Crippen molar-refractivity contribution in [1.82, 2.24) is 10.2 Å². The maximum atomic E-state index is 13.5. The molecular formula is C31H37FN4O4S. The predicted octanol–water partition coefficient (Wildman–Crippen LogP) is 4.95. The monoisotopic (exact) mass is 580 g/mol. The zero-order valence-corrected chi connectivity index (χ0v) is 24.5. The van der Waals surface area contributed by atoms with Crippen LogP contribution in [0.25, 0.3) is 0 Å². The predicted molar refractivity (Wildman–Crippen MR) is 159 cm³/mol. The van der Waals surface area contributed by atoms with Gasteiger partial charge in [0.15, 0.2) is 0 Å². The smallest absolute Gasteiger partial charge is 0.261 e. The number of nitrogens with zero attached hydrogens (tertiary/aromatic N) is 2. The van der Waals surface area contributed by atoms with Gasteiger partial charge in [-0.1, -0.05) is 43.7 Å². The molecule has 0 saturated carbocycles. The van der Waals surface area contributed by atoms with Crippen LogP contribution in [0.3, 0.4) is 0 Å². The number of sulfonamides is 1. The molecule has 0 atom stereocenters. The molecule has 41 heavy (non-hydrogen) atoms. The standard InChI is InChI=1S/C31H37FN4O4S/c1-22(2)19-30(37)36-16-4-15-35(17-18-36)29-14-11-26(34-41(39,40)27-12-5-23(3)6-13-27)20-28(29)31(38)33-21-24-7-9-25(32)10-8-24/h5-14,20,22,34H,4,15-19,21H2,1-3H3,(H,33,38).